The molecule has 0 aliphatic heterocycles. The molecule has 78 valence electrons. The lowest BCUT2D eigenvalue weighted by atomic mass is 9.65. The minimum Gasteiger partial charge on any atom is -0.197 e. The number of hydrogen-bond donors (Lipinski definition) is 0. The summed E-state index contributed by atoms with van der Waals surface area (Å²) >= 11 is 0. The molecule has 2 rings (SSSR count). The van der Waals surface area contributed by atoms with E-state index in [4.69, 9.17) is 0 Å². The van der Waals surface area contributed by atoms with Crippen LogP contribution in [-0.4, -0.2) is 0 Å². The molecule has 0 atom stereocenters. The zero-order chi connectivity index (χ0) is 10.9. The topological polar surface area (TPSA) is 23.8 Å². The minimum atomic E-state index is -0.162. The molecule has 0 N–H and O–H groups in total. The van der Waals surface area contributed by atoms with Crippen LogP contribution in [0.15, 0.2) is 24.3 Å². The van der Waals surface area contributed by atoms with E-state index in [0.29, 0.717) is 5.92 Å². The van der Waals surface area contributed by atoms with Gasteiger partial charge in [-0.2, -0.15) is 5.26 Å². The molecular formula is C14H17N. The van der Waals surface area contributed by atoms with Gasteiger partial charge in [-0.1, -0.05) is 38.1 Å². The average Bonchev–Trinajstić information content (AvgIpc) is 2.17. The number of rotatable bonds is 2. The van der Waals surface area contributed by atoms with Gasteiger partial charge in [-0.25, -0.2) is 0 Å². The van der Waals surface area contributed by atoms with E-state index < -0.39 is 0 Å². The molecule has 1 aliphatic rings. The van der Waals surface area contributed by atoms with E-state index in [1.807, 2.05) is 0 Å². The predicted molar refractivity (Wildman–Crippen MR) is 61.7 cm³/mol. The van der Waals surface area contributed by atoms with Crippen LogP contribution in [0, 0.1) is 11.3 Å². The van der Waals surface area contributed by atoms with Gasteiger partial charge in [0.05, 0.1) is 11.5 Å². The van der Waals surface area contributed by atoms with Gasteiger partial charge in [0, 0.05) is 0 Å². The van der Waals surface area contributed by atoms with E-state index in [1.54, 1.807) is 0 Å². The van der Waals surface area contributed by atoms with Crippen molar-refractivity contribution in [3.8, 4) is 6.07 Å². The second kappa shape index (κ2) is 3.70. The van der Waals surface area contributed by atoms with Crippen molar-refractivity contribution in [2.24, 2.45) is 0 Å². The summed E-state index contributed by atoms with van der Waals surface area (Å²) in [6.45, 7) is 4.39. The second-order valence-corrected chi connectivity index (χ2v) is 4.83. The Morgan fingerprint density at radius 2 is 2.07 bits per heavy atom. The summed E-state index contributed by atoms with van der Waals surface area (Å²) in [5.74, 6) is 0.542. The summed E-state index contributed by atoms with van der Waals surface area (Å²) in [6.07, 6.45) is 3.26. The van der Waals surface area contributed by atoms with Gasteiger partial charge in [-0.15, -0.1) is 0 Å². The van der Waals surface area contributed by atoms with Crippen LogP contribution in [-0.2, 0) is 5.41 Å². The van der Waals surface area contributed by atoms with Crippen LogP contribution in [0.2, 0.25) is 0 Å². The molecule has 0 spiro atoms. The molecule has 1 saturated carbocycles. The van der Waals surface area contributed by atoms with Crippen LogP contribution in [0.4, 0.5) is 0 Å². The van der Waals surface area contributed by atoms with Gasteiger partial charge < -0.3 is 0 Å². The number of nitriles is 1. The average molecular weight is 199 g/mol. The summed E-state index contributed by atoms with van der Waals surface area (Å²) in [5, 5.41) is 9.27. The highest BCUT2D eigenvalue weighted by atomic mass is 14.4. The number of benzene rings is 1. The summed E-state index contributed by atoms with van der Waals surface area (Å²) < 4.78 is 0. The van der Waals surface area contributed by atoms with E-state index in [-0.39, 0.29) is 5.41 Å². The number of hydrogen-bond acceptors (Lipinski definition) is 1. The molecule has 0 radical (unpaired) electrons. The molecule has 0 unspecified atom stereocenters. The summed E-state index contributed by atoms with van der Waals surface area (Å²) in [5.41, 5.74) is 2.40. The van der Waals surface area contributed by atoms with Crippen molar-refractivity contribution in [3.05, 3.63) is 35.4 Å². The first-order valence-corrected chi connectivity index (χ1v) is 5.70. The third kappa shape index (κ3) is 1.65. The predicted octanol–water partition coefficient (Wildman–Crippen LogP) is 3.76. The summed E-state index contributed by atoms with van der Waals surface area (Å²) in [4.78, 5) is 0. The van der Waals surface area contributed by atoms with E-state index in [0.717, 1.165) is 12.8 Å². The van der Waals surface area contributed by atoms with Crippen LogP contribution >= 0.6 is 0 Å². The number of nitrogens with zero attached hydrogens (tertiary/aromatic N) is 1. The van der Waals surface area contributed by atoms with Crippen LogP contribution < -0.4 is 0 Å². The molecule has 0 saturated heterocycles. The maximum Gasteiger partial charge on any atom is 0.0822 e. The zero-order valence-corrected chi connectivity index (χ0v) is 9.46. The zero-order valence-electron chi connectivity index (χ0n) is 9.46. The van der Waals surface area contributed by atoms with Gasteiger partial charge in [0.1, 0.15) is 0 Å². The smallest absolute Gasteiger partial charge is 0.0822 e. The van der Waals surface area contributed by atoms with E-state index in [1.165, 1.54) is 17.5 Å². The molecule has 1 aromatic rings. The van der Waals surface area contributed by atoms with E-state index in [2.05, 4.69) is 44.2 Å². The van der Waals surface area contributed by atoms with Crippen molar-refractivity contribution < 1.29 is 0 Å². The van der Waals surface area contributed by atoms with Gasteiger partial charge in [0.2, 0.25) is 0 Å². The largest absolute Gasteiger partial charge is 0.197 e. The van der Waals surface area contributed by atoms with Gasteiger partial charge in [-0.05, 0) is 36.3 Å². The highest BCUT2D eigenvalue weighted by Crippen LogP contribution is 2.43. The first kappa shape index (κ1) is 10.2. The lowest BCUT2D eigenvalue weighted by molar-refractivity contribution is 0.324. The normalized spacial score (nSPS) is 18.3. The lowest BCUT2D eigenvalue weighted by Gasteiger charge is -2.36. The Bertz CT molecular complexity index is 394. The highest BCUT2D eigenvalue weighted by molar-refractivity contribution is 5.38. The lowest BCUT2D eigenvalue weighted by Crippen LogP contribution is -2.32. The Morgan fingerprint density at radius 1 is 1.33 bits per heavy atom. The molecule has 1 aromatic carbocycles. The Morgan fingerprint density at radius 3 is 2.53 bits per heavy atom. The standard InChI is InChI=1S/C14H17N/c1-11(2)12-5-3-6-13(9-12)14(10-15)7-4-8-14/h3,5-6,9,11H,4,7-8H2,1-2H3. The quantitative estimate of drug-likeness (QED) is 0.711. The first-order chi connectivity index (χ1) is 7.18. The van der Waals surface area contributed by atoms with Gasteiger partial charge in [-0.3, -0.25) is 0 Å². The van der Waals surface area contributed by atoms with E-state index in [9.17, 15) is 5.26 Å². The Hall–Kier alpha value is -1.29. The van der Waals surface area contributed by atoms with Crippen molar-refractivity contribution in [1.29, 1.82) is 5.26 Å². The highest BCUT2D eigenvalue weighted by Gasteiger charge is 2.38. The first-order valence-electron chi connectivity index (χ1n) is 5.70. The molecular weight excluding hydrogens is 182 g/mol. The SMILES string of the molecule is CC(C)c1cccc(C2(C#N)CCC2)c1. The maximum atomic E-state index is 9.27. The van der Waals surface area contributed by atoms with Crippen molar-refractivity contribution in [2.75, 3.05) is 0 Å². The van der Waals surface area contributed by atoms with Crippen molar-refractivity contribution >= 4 is 0 Å². The van der Waals surface area contributed by atoms with Gasteiger partial charge in [0.25, 0.3) is 0 Å². The van der Waals surface area contributed by atoms with Crippen molar-refractivity contribution in [2.45, 2.75) is 44.4 Å². The Balaban J connectivity index is 2.37. The van der Waals surface area contributed by atoms with Gasteiger partial charge >= 0.3 is 0 Å². The third-order valence-corrected chi connectivity index (χ3v) is 3.53. The Labute approximate surface area is 91.7 Å². The molecule has 0 bridgehead atoms. The minimum absolute atomic E-state index is 0.162. The molecule has 0 amide bonds. The van der Waals surface area contributed by atoms with Crippen molar-refractivity contribution in [1.82, 2.24) is 0 Å². The van der Waals surface area contributed by atoms with Crippen LogP contribution in [0.3, 0.4) is 0 Å². The van der Waals surface area contributed by atoms with Gasteiger partial charge in [0.15, 0.2) is 0 Å². The fraction of sp³-hybridized carbons (Fsp3) is 0.500. The van der Waals surface area contributed by atoms with E-state index >= 15 is 0 Å². The van der Waals surface area contributed by atoms with Crippen LogP contribution in [0.25, 0.3) is 0 Å². The fourth-order valence-electron chi connectivity index (χ4n) is 2.19. The molecule has 1 fully saturated rings. The maximum absolute atomic E-state index is 9.27. The third-order valence-electron chi connectivity index (χ3n) is 3.53. The second-order valence-electron chi connectivity index (χ2n) is 4.83. The molecule has 1 aliphatic carbocycles. The fourth-order valence-corrected chi connectivity index (χ4v) is 2.19. The molecule has 0 heterocycles. The monoisotopic (exact) mass is 199 g/mol. The Kier molecular flexibility index (Phi) is 2.52. The molecule has 15 heavy (non-hydrogen) atoms. The van der Waals surface area contributed by atoms with Crippen molar-refractivity contribution in [3.63, 3.8) is 0 Å². The summed E-state index contributed by atoms with van der Waals surface area (Å²) in [6, 6.07) is 11.1. The molecule has 0 aromatic heterocycles. The van der Waals surface area contributed by atoms with Crippen LogP contribution in [0.1, 0.15) is 50.2 Å². The van der Waals surface area contributed by atoms with Crippen LogP contribution in [0.5, 0.6) is 0 Å². The molecule has 1 heteroatoms. The summed E-state index contributed by atoms with van der Waals surface area (Å²) in [7, 11) is 0. The molecule has 1 nitrogen and oxygen atoms in total.